The Kier molecular flexibility index (Phi) is 4.01. The molecule has 1 aliphatic carbocycles. The largest absolute Gasteiger partial charge is 0.497 e. The van der Waals surface area contributed by atoms with Crippen molar-refractivity contribution in [1.29, 1.82) is 0 Å². The third-order valence-electron chi connectivity index (χ3n) is 4.27. The number of carbonyl (C=O) groups excluding carboxylic acids is 1. The Morgan fingerprint density at radius 1 is 1.24 bits per heavy atom. The quantitative estimate of drug-likeness (QED) is 0.896. The number of nitrogens with one attached hydrogen (secondary N) is 1. The molecule has 1 atom stereocenters. The summed E-state index contributed by atoms with van der Waals surface area (Å²) in [5, 5.41) is 3.12. The summed E-state index contributed by atoms with van der Waals surface area (Å²) in [4.78, 5) is 14.9. The molecule has 2 fully saturated rings. The highest BCUT2D eigenvalue weighted by molar-refractivity contribution is 5.97. The van der Waals surface area contributed by atoms with Crippen LogP contribution in [0.4, 0.5) is 0 Å². The summed E-state index contributed by atoms with van der Waals surface area (Å²) >= 11 is 0. The predicted octanol–water partition coefficient (Wildman–Crippen LogP) is 1.67. The highest BCUT2D eigenvalue weighted by Gasteiger charge is 2.35. The van der Waals surface area contributed by atoms with Gasteiger partial charge in [-0.15, -0.1) is 0 Å². The molecule has 1 aromatic carbocycles. The van der Waals surface area contributed by atoms with E-state index in [0.717, 1.165) is 25.6 Å². The first-order valence-electron chi connectivity index (χ1n) is 7.48. The van der Waals surface area contributed by atoms with Crippen molar-refractivity contribution < 1.29 is 14.3 Å². The zero-order valence-corrected chi connectivity index (χ0v) is 12.6. The Morgan fingerprint density at radius 3 is 2.71 bits per heavy atom. The maximum atomic E-state index is 12.4. The highest BCUT2D eigenvalue weighted by Crippen LogP contribution is 2.30. The number of methoxy groups -OCH3 is 2. The van der Waals surface area contributed by atoms with E-state index < -0.39 is 0 Å². The van der Waals surface area contributed by atoms with Crippen LogP contribution >= 0.6 is 0 Å². The summed E-state index contributed by atoms with van der Waals surface area (Å²) in [6.07, 6.45) is 3.65. The number of carbonyl (C=O) groups is 1. The molecule has 0 unspecified atom stereocenters. The lowest BCUT2D eigenvalue weighted by Crippen LogP contribution is -2.37. The molecule has 5 nitrogen and oxygen atoms in total. The molecule has 1 saturated carbocycles. The Labute approximate surface area is 125 Å². The Balaban J connectivity index is 1.65. The minimum absolute atomic E-state index is 0.0721. The molecule has 0 radical (unpaired) electrons. The fourth-order valence-electron chi connectivity index (χ4n) is 2.93. The Bertz CT molecular complexity index is 528. The van der Waals surface area contributed by atoms with E-state index in [1.54, 1.807) is 32.4 Å². The van der Waals surface area contributed by atoms with E-state index in [0.29, 0.717) is 17.1 Å². The fraction of sp³-hybridized carbons (Fsp3) is 0.562. The van der Waals surface area contributed by atoms with Gasteiger partial charge in [0.1, 0.15) is 11.5 Å². The molecule has 1 aliphatic heterocycles. The van der Waals surface area contributed by atoms with E-state index in [-0.39, 0.29) is 11.9 Å². The predicted molar refractivity (Wildman–Crippen MR) is 80.0 cm³/mol. The van der Waals surface area contributed by atoms with Crippen LogP contribution in [0.15, 0.2) is 18.2 Å². The van der Waals surface area contributed by atoms with Crippen molar-refractivity contribution in [2.45, 2.75) is 31.3 Å². The van der Waals surface area contributed by atoms with Gasteiger partial charge in [-0.25, -0.2) is 0 Å². The van der Waals surface area contributed by atoms with E-state index in [1.165, 1.54) is 12.8 Å². The van der Waals surface area contributed by atoms with E-state index in [2.05, 4.69) is 10.2 Å². The monoisotopic (exact) mass is 290 g/mol. The molecule has 0 aromatic heterocycles. The molecule has 3 rings (SSSR count). The minimum atomic E-state index is -0.0721. The van der Waals surface area contributed by atoms with E-state index >= 15 is 0 Å². The molecular formula is C16H22N2O3. The summed E-state index contributed by atoms with van der Waals surface area (Å²) in [7, 11) is 3.16. The van der Waals surface area contributed by atoms with Crippen LogP contribution in [0.2, 0.25) is 0 Å². The van der Waals surface area contributed by atoms with Crippen molar-refractivity contribution in [3.8, 4) is 11.5 Å². The Hall–Kier alpha value is -1.75. The van der Waals surface area contributed by atoms with E-state index in [1.807, 2.05) is 0 Å². The molecule has 21 heavy (non-hydrogen) atoms. The Morgan fingerprint density at radius 2 is 2.05 bits per heavy atom. The highest BCUT2D eigenvalue weighted by atomic mass is 16.5. The maximum absolute atomic E-state index is 12.4. The average Bonchev–Trinajstić information content (AvgIpc) is 3.26. The van der Waals surface area contributed by atoms with E-state index in [4.69, 9.17) is 9.47 Å². The number of hydrogen-bond donors (Lipinski definition) is 1. The van der Waals surface area contributed by atoms with Gasteiger partial charge < -0.3 is 14.8 Å². The van der Waals surface area contributed by atoms with Gasteiger partial charge in [-0.1, -0.05) is 0 Å². The topological polar surface area (TPSA) is 50.8 Å². The lowest BCUT2D eigenvalue weighted by molar-refractivity contribution is 0.0934. The van der Waals surface area contributed by atoms with Crippen molar-refractivity contribution in [2.75, 3.05) is 27.3 Å². The average molecular weight is 290 g/mol. The van der Waals surface area contributed by atoms with Gasteiger partial charge >= 0.3 is 0 Å². The smallest absolute Gasteiger partial charge is 0.255 e. The normalized spacial score (nSPS) is 22.1. The number of ether oxygens (including phenoxy) is 2. The molecule has 1 aromatic rings. The van der Waals surface area contributed by atoms with Crippen LogP contribution < -0.4 is 14.8 Å². The minimum Gasteiger partial charge on any atom is -0.497 e. The zero-order chi connectivity index (χ0) is 14.8. The van der Waals surface area contributed by atoms with Crippen LogP contribution in [0, 0.1) is 0 Å². The first-order valence-corrected chi connectivity index (χ1v) is 7.48. The number of amides is 1. The molecule has 0 spiro atoms. The van der Waals surface area contributed by atoms with Crippen LogP contribution in [-0.4, -0.2) is 50.2 Å². The second-order valence-corrected chi connectivity index (χ2v) is 5.75. The summed E-state index contributed by atoms with van der Waals surface area (Å²) in [5.74, 6) is 1.16. The van der Waals surface area contributed by atoms with Gasteiger partial charge in [0.15, 0.2) is 0 Å². The first-order chi connectivity index (χ1) is 10.2. The zero-order valence-electron chi connectivity index (χ0n) is 12.6. The van der Waals surface area contributed by atoms with Crippen molar-refractivity contribution in [1.82, 2.24) is 10.2 Å². The van der Waals surface area contributed by atoms with Gasteiger partial charge in [-0.05, 0) is 31.4 Å². The van der Waals surface area contributed by atoms with Crippen molar-refractivity contribution >= 4 is 5.91 Å². The third-order valence-corrected chi connectivity index (χ3v) is 4.27. The van der Waals surface area contributed by atoms with Gasteiger partial charge in [0, 0.05) is 31.2 Å². The lowest BCUT2D eigenvalue weighted by atomic mass is 10.1. The maximum Gasteiger partial charge on any atom is 0.255 e. The molecule has 0 bridgehead atoms. The van der Waals surface area contributed by atoms with Crippen LogP contribution in [0.25, 0.3) is 0 Å². The molecule has 2 aliphatic rings. The summed E-state index contributed by atoms with van der Waals surface area (Å²) in [6, 6.07) is 6.27. The molecule has 5 heteroatoms. The van der Waals surface area contributed by atoms with Crippen LogP contribution in [0.3, 0.4) is 0 Å². The van der Waals surface area contributed by atoms with Gasteiger partial charge in [0.2, 0.25) is 0 Å². The molecule has 1 saturated heterocycles. The van der Waals surface area contributed by atoms with Gasteiger partial charge in [0.05, 0.1) is 19.8 Å². The lowest BCUT2D eigenvalue weighted by Gasteiger charge is -2.16. The number of hydrogen-bond acceptors (Lipinski definition) is 4. The number of nitrogens with zero attached hydrogens (tertiary/aromatic N) is 1. The third kappa shape index (κ3) is 3.13. The summed E-state index contributed by atoms with van der Waals surface area (Å²) < 4.78 is 10.4. The number of rotatable bonds is 5. The standard InChI is InChI=1S/C16H22N2O3/c1-20-13-5-6-14(15(9-13)21-2)16(19)17-11-7-8-18(10-11)12-3-4-12/h5-6,9,11-12H,3-4,7-8,10H2,1-2H3,(H,17,19)/t11-/m0/s1. The first kappa shape index (κ1) is 14.2. The van der Waals surface area contributed by atoms with Gasteiger partial charge in [-0.3, -0.25) is 9.69 Å². The number of benzene rings is 1. The summed E-state index contributed by atoms with van der Waals surface area (Å²) in [6.45, 7) is 2.06. The van der Waals surface area contributed by atoms with Crippen molar-refractivity contribution in [3.63, 3.8) is 0 Å². The van der Waals surface area contributed by atoms with Crippen molar-refractivity contribution in [2.24, 2.45) is 0 Å². The van der Waals surface area contributed by atoms with Gasteiger partial charge in [-0.2, -0.15) is 0 Å². The van der Waals surface area contributed by atoms with Crippen molar-refractivity contribution in [3.05, 3.63) is 23.8 Å². The molecular weight excluding hydrogens is 268 g/mol. The second kappa shape index (κ2) is 5.93. The van der Waals surface area contributed by atoms with Gasteiger partial charge in [0.25, 0.3) is 5.91 Å². The molecule has 1 amide bonds. The molecule has 114 valence electrons. The molecule has 1 heterocycles. The second-order valence-electron chi connectivity index (χ2n) is 5.75. The van der Waals surface area contributed by atoms with Crippen LogP contribution in [0.1, 0.15) is 29.6 Å². The SMILES string of the molecule is COc1ccc(C(=O)N[C@H]2CCN(C3CC3)C2)c(OC)c1. The molecule has 1 N–H and O–H groups in total. The van der Waals surface area contributed by atoms with Crippen LogP contribution in [-0.2, 0) is 0 Å². The number of likely N-dealkylation sites (tertiary alicyclic amines) is 1. The van der Waals surface area contributed by atoms with Crippen LogP contribution in [0.5, 0.6) is 11.5 Å². The summed E-state index contributed by atoms with van der Waals surface area (Å²) in [5.41, 5.74) is 0.558. The fourth-order valence-corrected chi connectivity index (χ4v) is 2.93. The van der Waals surface area contributed by atoms with E-state index in [9.17, 15) is 4.79 Å².